The molecule has 5 nitrogen and oxygen atoms in total. The van der Waals surface area contributed by atoms with Gasteiger partial charge >= 0.3 is 5.97 Å². The van der Waals surface area contributed by atoms with Crippen LogP contribution in [0.25, 0.3) is 0 Å². The molecule has 2 aromatic rings. The second-order valence-electron chi connectivity index (χ2n) is 5.69. The first-order valence-electron chi connectivity index (χ1n) is 8.23. The van der Waals surface area contributed by atoms with E-state index in [0.29, 0.717) is 11.3 Å². The van der Waals surface area contributed by atoms with Crippen molar-refractivity contribution in [1.82, 2.24) is 5.32 Å². The Labute approximate surface area is 148 Å². The molecule has 2 rings (SSSR count). The lowest BCUT2D eigenvalue weighted by molar-refractivity contribution is -0.123. The highest BCUT2D eigenvalue weighted by atomic mass is 16.5. The van der Waals surface area contributed by atoms with Crippen LogP contribution in [-0.4, -0.2) is 25.6 Å². The fourth-order valence-corrected chi connectivity index (χ4v) is 2.36. The van der Waals surface area contributed by atoms with E-state index < -0.39 is 5.97 Å². The van der Waals surface area contributed by atoms with Crippen LogP contribution >= 0.6 is 0 Å². The van der Waals surface area contributed by atoms with E-state index in [0.717, 1.165) is 12.0 Å². The quantitative estimate of drug-likeness (QED) is 0.785. The highest BCUT2D eigenvalue weighted by Crippen LogP contribution is 2.15. The number of esters is 1. The highest BCUT2D eigenvalue weighted by Gasteiger charge is 2.11. The molecule has 0 bridgehead atoms. The second kappa shape index (κ2) is 8.87. The van der Waals surface area contributed by atoms with Crippen molar-refractivity contribution in [3.63, 3.8) is 0 Å². The minimum Gasteiger partial charge on any atom is -0.484 e. The molecule has 132 valence electrons. The maximum Gasteiger partial charge on any atom is 0.337 e. The molecule has 0 fully saturated rings. The summed E-state index contributed by atoms with van der Waals surface area (Å²) in [6, 6.07) is 14.5. The van der Waals surface area contributed by atoms with E-state index in [1.54, 1.807) is 24.3 Å². The van der Waals surface area contributed by atoms with Gasteiger partial charge in [0.2, 0.25) is 0 Å². The molecular weight excluding hydrogens is 318 g/mol. The van der Waals surface area contributed by atoms with Crippen LogP contribution in [0.2, 0.25) is 0 Å². The van der Waals surface area contributed by atoms with Crippen molar-refractivity contribution in [2.24, 2.45) is 0 Å². The van der Waals surface area contributed by atoms with Crippen molar-refractivity contribution < 1.29 is 19.1 Å². The molecule has 1 atom stereocenters. The number of rotatable bonds is 7. The van der Waals surface area contributed by atoms with Gasteiger partial charge in [-0.15, -0.1) is 0 Å². The predicted octanol–water partition coefficient (Wildman–Crippen LogP) is 3.29. The number of carbonyl (C=O) groups excluding carboxylic acids is 2. The number of aryl methyl sites for hydroxylation is 1. The molecule has 0 saturated heterocycles. The van der Waals surface area contributed by atoms with Crippen LogP contribution in [-0.2, 0) is 16.0 Å². The molecule has 0 aliphatic heterocycles. The summed E-state index contributed by atoms with van der Waals surface area (Å²) >= 11 is 0. The first kappa shape index (κ1) is 18.5. The smallest absolute Gasteiger partial charge is 0.337 e. The minimum atomic E-state index is -0.410. The van der Waals surface area contributed by atoms with Crippen molar-refractivity contribution in [3.8, 4) is 5.75 Å². The van der Waals surface area contributed by atoms with E-state index in [-0.39, 0.29) is 18.6 Å². The van der Waals surface area contributed by atoms with Gasteiger partial charge in [0.05, 0.1) is 18.7 Å². The normalized spacial score (nSPS) is 11.5. The monoisotopic (exact) mass is 341 g/mol. The molecule has 0 saturated carbocycles. The third-order valence-electron chi connectivity index (χ3n) is 3.91. The Kier molecular flexibility index (Phi) is 6.57. The Bertz CT molecular complexity index is 707. The molecule has 0 heterocycles. The summed E-state index contributed by atoms with van der Waals surface area (Å²) < 4.78 is 10.1. The van der Waals surface area contributed by atoms with Crippen LogP contribution in [0.3, 0.4) is 0 Å². The summed E-state index contributed by atoms with van der Waals surface area (Å²) in [4.78, 5) is 23.4. The Hall–Kier alpha value is -2.82. The van der Waals surface area contributed by atoms with Crippen molar-refractivity contribution in [2.45, 2.75) is 26.3 Å². The molecular formula is C20H23NO4. The van der Waals surface area contributed by atoms with Gasteiger partial charge in [-0.05, 0) is 48.7 Å². The van der Waals surface area contributed by atoms with Crippen LogP contribution in [0, 0.1) is 0 Å². The zero-order valence-corrected chi connectivity index (χ0v) is 14.7. The number of ether oxygens (including phenoxy) is 2. The lowest BCUT2D eigenvalue weighted by Crippen LogP contribution is -2.31. The van der Waals surface area contributed by atoms with Gasteiger partial charge < -0.3 is 14.8 Å². The summed E-state index contributed by atoms with van der Waals surface area (Å²) in [5.41, 5.74) is 2.75. The molecule has 0 unspecified atom stereocenters. The van der Waals surface area contributed by atoms with Gasteiger partial charge in [-0.25, -0.2) is 4.79 Å². The summed E-state index contributed by atoms with van der Waals surface area (Å²) in [6.07, 6.45) is 0.990. The fraction of sp³-hybridized carbons (Fsp3) is 0.300. The standard InChI is InChI=1S/C20H23NO4/c1-4-15-5-7-16(8-6-15)14(2)21-19(22)13-25-18-11-9-17(10-12-18)20(23)24-3/h5-12,14H,4,13H2,1-3H3,(H,21,22)/t14-/m0/s1. The van der Waals surface area contributed by atoms with E-state index >= 15 is 0 Å². The summed E-state index contributed by atoms with van der Waals surface area (Å²) in [5.74, 6) is -0.0981. The number of methoxy groups -OCH3 is 1. The van der Waals surface area contributed by atoms with Gasteiger partial charge in [0.1, 0.15) is 5.75 Å². The van der Waals surface area contributed by atoms with Crippen LogP contribution < -0.4 is 10.1 Å². The third-order valence-corrected chi connectivity index (χ3v) is 3.91. The maximum absolute atomic E-state index is 12.0. The molecule has 1 N–H and O–H groups in total. The van der Waals surface area contributed by atoms with Gasteiger partial charge in [-0.3, -0.25) is 4.79 Å². The van der Waals surface area contributed by atoms with Crippen LogP contribution in [0.5, 0.6) is 5.75 Å². The van der Waals surface area contributed by atoms with Crippen molar-refractivity contribution in [3.05, 3.63) is 65.2 Å². The van der Waals surface area contributed by atoms with Gasteiger partial charge in [-0.1, -0.05) is 31.2 Å². The first-order valence-corrected chi connectivity index (χ1v) is 8.23. The average molecular weight is 341 g/mol. The van der Waals surface area contributed by atoms with Crippen LogP contribution in [0.4, 0.5) is 0 Å². The summed E-state index contributed by atoms with van der Waals surface area (Å²) in [5, 5.41) is 2.90. The van der Waals surface area contributed by atoms with E-state index in [1.165, 1.54) is 12.7 Å². The SMILES string of the molecule is CCc1ccc([C@H](C)NC(=O)COc2ccc(C(=O)OC)cc2)cc1. The van der Waals surface area contributed by atoms with E-state index in [9.17, 15) is 9.59 Å². The van der Waals surface area contributed by atoms with Gasteiger partial charge in [0.15, 0.2) is 6.61 Å². The number of carbonyl (C=O) groups is 2. The topological polar surface area (TPSA) is 64.6 Å². The molecule has 5 heteroatoms. The van der Waals surface area contributed by atoms with Gasteiger partial charge in [0, 0.05) is 0 Å². The zero-order valence-electron chi connectivity index (χ0n) is 14.7. The van der Waals surface area contributed by atoms with Crippen LogP contribution in [0.1, 0.15) is 41.4 Å². The Morgan fingerprint density at radius 2 is 1.68 bits per heavy atom. The third kappa shape index (κ3) is 5.35. The zero-order chi connectivity index (χ0) is 18.2. The van der Waals surface area contributed by atoms with E-state index in [1.807, 2.05) is 19.1 Å². The maximum atomic E-state index is 12.0. The molecule has 0 aromatic heterocycles. The molecule has 0 radical (unpaired) electrons. The number of nitrogens with one attached hydrogen (secondary N) is 1. The molecule has 0 aliphatic rings. The number of hydrogen-bond donors (Lipinski definition) is 1. The Morgan fingerprint density at radius 3 is 2.24 bits per heavy atom. The largest absolute Gasteiger partial charge is 0.484 e. The van der Waals surface area contributed by atoms with E-state index in [4.69, 9.17) is 4.74 Å². The van der Waals surface area contributed by atoms with Gasteiger partial charge in [0.25, 0.3) is 5.91 Å². The average Bonchev–Trinajstić information content (AvgIpc) is 2.66. The highest BCUT2D eigenvalue weighted by molar-refractivity contribution is 5.89. The van der Waals surface area contributed by atoms with Crippen molar-refractivity contribution in [1.29, 1.82) is 0 Å². The summed E-state index contributed by atoms with van der Waals surface area (Å²) in [6.45, 7) is 3.95. The second-order valence-corrected chi connectivity index (χ2v) is 5.69. The summed E-state index contributed by atoms with van der Waals surface area (Å²) in [7, 11) is 1.33. The minimum absolute atomic E-state index is 0.0883. The first-order chi connectivity index (χ1) is 12.0. The molecule has 2 aromatic carbocycles. The lowest BCUT2D eigenvalue weighted by atomic mass is 10.1. The van der Waals surface area contributed by atoms with E-state index in [2.05, 4.69) is 29.1 Å². The van der Waals surface area contributed by atoms with Gasteiger partial charge in [-0.2, -0.15) is 0 Å². The Balaban J connectivity index is 1.84. The number of hydrogen-bond acceptors (Lipinski definition) is 4. The molecule has 25 heavy (non-hydrogen) atoms. The fourth-order valence-electron chi connectivity index (χ4n) is 2.36. The predicted molar refractivity (Wildman–Crippen MR) is 95.7 cm³/mol. The Morgan fingerprint density at radius 1 is 1.04 bits per heavy atom. The van der Waals surface area contributed by atoms with Crippen molar-refractivity contribution in [2.75, 3.05) is 13.7 Å². The molecule has 1 amide bonds. The van der Waals surface area contributed by atoms with Crippen LogP contribution in [0.15, 0.2) is 48.5 Å². The lowest BCUT2D eigenvalue weighted by Gasteiger charge is -2.15. The number of benzene rings is 2. The number of amides is 1. The molecule has 0 spiro atoms. The molecule has 0 aliphatic carbocycles. The van der Waals surface area contributed by atoms with Crippen molar-refractivity contribution >= 4 is 11.9 Å².